The molecule has 2 N–H and O–H groups in total. The molecule has 160 valence electrons. The Bertz CT molecular complexity index is 850. The zero-order valence-corrected chi connectivity index (χ0v) is 20.2. The number of ether oxygens (including phenoxy) is 2. The zero-order valence-electron chi connectivity index (χ0n) is 17.9. The highest BCUT2D eigenvalue weighted by molar-refractivity contribution is 14.0. The lowest BCUT2D eigenvalue weighted by Crippen LogP contribution is -2.42. The Hall–Kier alpha value is -1.97. The standard InChI is InChI=1S/C21H31N5O2.HI/c1-14(12-18-15(2)25-26(5)16(18)3)24-21(22-4)23-13-17-8-6-9-19-20(17)28-11-7-10-27-19;/h6,8-9,14H,7,10-13H2,1-5H3,(H2,22,23,24);1H. The summed E-state index contributed by atoms with van der Waals surface area (Å²) in [5.74, 6) is 2.41. The van der Waals surface area contributed by atoms with Crippen LogP contribution in [0, 0.1) is 13.8 Å². The number of para-hydroxylation sites is 1. The fourth-order valence-corrected chi connectivity index (χ4v) is 3.47. The normalized spacial score (nSPS) is 14.6. The number of halogens is 1. The molecule has 2 heterocycles. The molecule has 29 heavy (non-hydrogen) atoms. The molecule has 1 aliphatic rings. The van der Waals surface area contributed by atoms with Gasteiger partial charge in [0.15, 0.2) is 17.5 Å². The summed E-state index contributed by atoms with van der Waals surface area (Å²) in [5.41, 5.74) is 4.64. The quantitative estimate of drug-likeness (QED) is 0.365. The van der Waals surface area contributed by atoms with Gasteiger partial charge in [0, 0.05) is 44.4 Å². The smallest absolute Gasteiger partial charge is 0.191 e. The van der Waals surface area contributed by atoms with Crippen LogP contribution >= 0.6 is 24.0 Å². The van der Waals surface area contributed by atoms with Crippen molar-refractivity contribution in [3.63, 3.8) is 0 Å². The molecule has 2 aromatic rings. The number of hydrogen-bond donors (Lipinski definition) is 2. The van der Waals surface area contributed by atoms with Crippen molar-refractivity contribution in [1.82, 2.24) is 20.4 Å². The number of nitrogens with one attached hydrogen (secondary N) is 2. The molecule has 1 atom stereocenters. The van der Waals surface area contributed by atoms with Crippen LogP contribution in [0.2, 0.25) is 0 Å². The summed E-state index contributed by atoms with van der Waals surface area (Å²) in [7, 11) is 3.77. The lowest BCUT2D eigenvalue weighted by Gasteiger charge is -2.19. The number of fused-ring (bicyclic) bond motifs is 1. The van der Waals surface area contributed by atoms with E-state index in [4.69, 9.17) is 9.47 Å². The van der Waals surface area contributed by atoms with Gasteiger partial charge in [-0.25, -0.2) is 0 Å². The van der Waals surface area contributed by atoms with Crippen LogP contribution in [0.4, 0.5) is 0 Å². The van der Waals surface area contributed by atoms with Gasteiger partial charge in [-0.2, -0.15) is 5.10 Å². The Morgan fingerprint density at radius 3 is 2.72 bits per heavy atom. The van der Waals surface area contributed by atoms with E-state index in [0.29, 0.717) is 19.8 Å². The van der Waals surface area contributed by atoms with Crippen molar-refractivity contribution in [2.75, 3.05) is 20.3 Å². The molecule has 0 aliphatic carbocycles. The van der Waals surface area contributed by atoms with Crippen LogP contribution in [0.1, 0.15) is 35.9 Å². The number of aromatic nitrogens is 2. The molecule has 3 rings (SSSR count). The maximum Gasteiger partial charge on any atom is 0.191 e. The number of guanidine groups is 1. The number of rotatable bonds is 5. The van der Waals surface area contributed by atoms with Gasteiger partial charge < -0.3 is 20.1 Å². The third-order valence-electron chi connectivity index (χ3n) is 5.08. The summed E-state index contributed by atoms with van der Waals surface area (Å²) >= 11 is 0. The van der Waals surface area contributed by atoms with Crippen LogP contribution in [0.3, 0.4) is 0 Å². The summed E-state index contributed by atoms with van der Waals surface area (Å²) in [5, 5.41) is 11.4. The molecular weight excluding hydrogens is 481 g/mol. The highest BCUT2D eigenvalue weighted by Crippen LogP contribution is 2.33. The van der Waals surface area contributed by atoms with Crippen molar-refractivity contribution in [2.24, 2.45) is 12.0 Å². The Kier molecular flexibility index (Phi) is 8.60. The van der Waals surface area contributed by atoms with E-state index in [9.17, 15) is 0 Å². The summed E-state index contributed by atoms with van der Waals surface area (Å²) < 4.78 is 13.6. The van der Waals surface area contributed by atoms with Gasteiger partial charge in [-0.3, -0.25) is 9.67 Å². The van der Waals surface area contributed by atoms with E-state index in [-0.39, 0.29) is 30.0 Å². The van der Waals surface area contributed by atoms with E-state index in [1.807, 2.05) is 23.9 Å². The summed E-state index contributed by atoms with van der Waals surface area (Å²) in [6, 6.07) is 6.23. The summed E-state index contributed by atoms with van der Waals surface area (Å²) in [6.45, 7) is 8.31. The van der Waals surface area contributed by atoms with E-state index in [0.717, 1.165) is 41.6 Å². The minimum absolute atomic E-state index is 0. The Morgan fingerprint density at radius 1 is 1.28 bits per heavy atom. The van der Waals surface area contributed by atoms with Crippen molar-refractivity contribution in [1.29, 1.82) is 0 Å². The van der Waals surface area contributed by atoms with Gasteiger partial charge in [0.2, 0.25) is 0 Å². The second-order valence-corrected chi connectivity index (χ2v) is 7.24. The third kappa shape index (κ3) is 5.77. The molecule has 8 heteroatoms. The minimum atomic E-state index is 0. The monoisotopic (exact) mass is 513 g/mol. The van der Waals surface area contributed by atoms with Gasteiger partial charge in [0.1, 0.15) is 0 Å². The van der Waals surface area contributed by atoms with Crippen molar-refractivity contribution in [2.45, 2.75) is 46.2 Å². The van der Waals surface area contributed by atoms with Crippen LogP contribution in [0.25, 0.3) is 0 Å². The average Bonchev–Trinajstić information content (AvgIpc) is 2.86. The molecule has 0 bridgehead atoms. The van der Waals surface area contributed by atoms with Gasteiger partial charge in [-0.1, -0.05) is 12.1 Å². The van der Waals surface area contributed by atoms with Gasteiger partial charge in [-0.15, -0.1) is 24.0 Å². The molecule has 1 aromatic heterocycles. The lowest BCUT2D eigenvalue weighted by molar-refractivity contribution is 0.296. The Balaban J connectivity index is 0.00000300. The molecule has 0 spiro atoms. The second-order valence-electron chi connectivity index (χ2n) is 7.24. The van der Waals surface area contributed by atoms with E-state index >= 15 is 0 Å². The zero-order chi connectivity index (χ0) is 20.1. The van der Waals surface area contributed by atoms with Gasteiger partial charge in [0.25, 0.3) is 0 Å². The number of aryl methyl sites for hydroxylation is 2. The maximum absolute atomic E-state index is 5.90. The fraction of sp³-hybridized carbons (Fsp3) is 0.524. The fourth-order valence-electron chi connectivity index (χ4n) is 3.47. The largest absolute Gasteiger partial charge is 0.490 e. The molecule has 0 radical (unpaired) electrons. The molecule has 0 fully saturated rings. The molecular formula is C21H32IN5O2. The first-order valence-corrected chi connectivity index (χ1v) is 9.83. The van der Waals surface area contributed by atoms with Crippen molar-refractivity contribution >= 4 is 29.9 Å². The molecule has 1 aromatic carbocycles. The van der Waals surface area contributed by atoms with Gasteiger partial charge >= 0.3 is 0 Å². The molecule has 0 amide bonds. The lowest BCUT2D eigenvalue weighted by atomic mass is 10.1. The Morgan fingerprint density at radius 2 is 2.03 bits per heavy atom. The topological polar surface area (TPSA) is 72.7 Å². The van der Waals surface area contributed by atoms with Gasteiger partial charge in [-0.05, 0) is 38.8 Å². The number of benzene rings is 1. The predicted octanol–water partition coefficient (Wildman–Crippen LogP) is 3.11. The van der Waals surface area contributed by atoms with Gasteiger partial charge in [0.05, 0.1) is 18.9 Å². The van der Waals surface area contributed by atoms with Crippen LogP contribution in [0.5, 0.6) is 11.5 Å². The summed E-state index contributed by atoms with van der Waals surface area (Å²) in [6.07, 6.45) is 1.79. The van der Waals surface area contributed by atoms with Crippen LogP contribution < -0.4 is 20.1 Å². The number of aliphatic imine (C=N–C) groups is 1. The van der Waals surface area contributed by atoms with Crippen LogP contribution in [0.15, 0.2) is 23.2 Å². The number of nitrogens with zero attached hydrogens (tertiary/aromatic N) is 3. The first kappa shape index (κ1) is 23.3. The predicted molar refractivity (Wildman–Crippen MR) is 127 cm³/mol. The third-order valence-corrected chi connectivity index (χ3v) is 5.08. The SMILES string of the molecule is CN=C(NCc1cccc2c1OCCCO2)NC(C)Cc1c(C)nn(C)c1C.I. The highest BCUT2D eigenvalue weighted by atomic mass is 127. The second kappa shape index (κ2) is 10.7. The van der Waals surface area contributed by atoms with E-state index in [1.165, 1.54) is 11.3 Å². The van der Waals surface area contributed by atoms with E-state index in [1.54, 1.807) is 7.05 Å². The number of hydrogen-bond acceptors (Lipinski definition) is 4. The molecule has 7 nitrogen and oxygen atoms in total. The summed E-state index contributed by atoms with van der Waals surface area (Å²) in [4.78, 5) is 4.37. The van der Waals surface area contributed by atoms with E-state index < -0.39 is 0 Å². The maximum atomic E-state index is 5.90. The molecule has 0 saturated carbocycles. The van der Waals surface area contributed by atoms with Crippen molar-refractivity contribution in [3.8, 4) is 11.5 Å². The van der Waals surface area contributed by atoms with Crippen molar-refractivity contribution in [3.05, 3.63) is 40.7 Å². The molecule has 1 unspecified atom stereocenters. The van der Waals surface area contributed by atoms with Crippen LogP contribution in [-0.2, 0) is 20.0 Å². The first-order valence-electron chi connectivity index (χ1n) is 9.83. The van der Waals surface area contributed by atoms with E-state index in [2.05, 4.69) is 47.6 Å². The van der Waals surface area contributed by atoms with Crippen LogP contribution in [-0.4, -0.2) is 42.0 Å². The molecule has 1 aliphatic heterocycles. The first-order chi connectivity index (χ1) is 13.5. The Labute approximate surface area is 190 Å². The average molecular weight is 513 g/mol. The highest BCUT2D eigenvalue weighted by Gasteiger charge is 2.16. The van der Waals surface area contributed by atoms with Crippen molar-refractivity contribution < 1.29 is 9.47 Å². The molecule has 0 saturated heterocycles. The minimum Gasteiger partial charge on any atom is -0.490 e.